The van der Waals surface area contributed by atoms with Crippen LogP contribution in [0.15, 0.2) is 54.6 Å². The second kappa shape index (κ2) is 9.80. The minimum atomic E-state index is -4.40. The minimum absolute atomic E-state index is 0. The smallest absolute Gasteiger partial charge is 0.387 e. The molecule has 2 unspecified atom stereocenters. The van der Waals surface area contributed by atoms with Crippen LogP contribution >= 0.6 is 12.4 Å². The van der Waals surface area contributed by atoms with Crippen molar-refractivity contribution >= 4 is 12.4 Å². The Hall–Kier alpha value is -1.56. The monoisotopic (exact) mass is 373 g/mol. The molecule has 2 nitrogen and oxygen atoms in total. The number of aliphatic hydroxyl groups is 1. The molecule has 2 rings (SSSR count). The van der Waals surface area contributed by atoms with E-state index < -0.39 is 17.8 Å². The summed E-state index contributed by atoms with van der Waals surface area (Å²) in [4.78, 5) is 0. The number of aryl methyl sites for hydroxylation is 1. The van der Waals surface area contributed by atoms with Crippen molar-refractivity contribution in [2.75, 3.05) is 6.54 Å². The predicted octanol–water partition coefficient (Wildman–Crippen LogP) is 4.77. The summed E-state index contributed by atoms with van der Waals surface area (Å²) in [5.74, 6) is 0. The predicted molar refractivity (Wildman–Crippen MR) is 95.9 cm³/mol. The summed E-state index contributed by atoms with van der Waals surface area (Å²) in [6.45, 7) is 2.22. The summed E-state index contributed by atoms with van der Waals surface area (Å²) in [5, 5.41) is 13.3. The van der Waals surface area contributed by atoms with Gasteiger partial charge in [0.15, 0.2) is 0 Å². The van der Waals surface area contributed by atoms with Crippen LogP contribution in [0, 0.1) is 0 Å². The SMILES string of the molecule is CC(CCc1ccccc1)NCC(O)c1cccc(C(F)(F)F)c1.Cl. The molecule has 0 aliphatic carbocycles. The largest absolute Gasteiger partial charge is 0.416 e. The van der Waals surface area contributed by atoms with Crippen molar-refractivity contribution in [3.63, 3.8) is 0 Å². The Morgan fingerprint density at radius 2 is 1.72 bits per heavy atom. The van der Waals surface area contributed by atoms with Crippen molar-refractivity contribution in [3.8, 4) is 0 Å². The number of hydrogen-bond donors (Lipinski definition) is 2. The summed E-state index contributed by atoms with van der Waals surface area (Å²) in [7, 11) is 0. The average Bonchev–Trinajstić information content (AvgIpc) is 2.58. The van der Waals surface area contributed by atoms with Gasteiger partial charge in [-0.15, -0.1) is 12.4 Å². The average molecular weight is 374 g/mol. The van der Waals surface area contributed by atoms with Crippen LogP contribution in [-0.2, 0) is 12.6 Å². The second-order valence-corrected chi connectivity index (χ2v) is 5.97. The van der Waals surface area contributed by atoms with Gasteiger partial charge in [0, 0.05) is 12.6 Å². The highest BCUT2D eigenvalue weighted by Gasteiger charge is 2.30. The van der Waals surface area contributed by atoms with E-state index in [2.05, 4.69) is 17.4 Å². The molecule has 0 bridgehead atoms. The van der Waals surface area contributed by atoms with Gasteiger partial charge in [0.1, 0.15) is 0 Å². The molecule has 2 N–H and O–H groups in total. The lowest BCUT2D eigenvalue weighted by atomic mass is 10.0. The van der Waals surface area contributed by atoms with Gasteiger partial charge in [0.25, 0.3) is 0 Å². The van der Waals surface area contributed by atoms with Crippen LogP contribution in [0.5, 0.6) is 0 Å². The van der Waals surface area contributed by atoms with Crippen LogP contribution in [0.1, 0.15) is 36.1 Å². The van der Waals surface area contributed by atoms with E-state index in [9.17, 15) is 18.3 Å². The number of benzene rings is 2. The lowest BCUT2D eigenvalue weighted by Crippen LogP contribution is -2.30. The standard InChI is InChI=1S/C19H22F3NO.ClH/c1-14(10-11-15-6-3-2-4-7-15)23-13-18(24)16-8-5-9-17(12-16)19(20,21)22;/h2-9,12,14,18,23-24H,10-11,13H2,1H3;1H. The normalized spacial score (nSPS) is 13.8. The van der Waals surface area contributed by atoms with Gasteiger partial charge in [0.05, 0.1) is 11.7 Å². The van der Waals surface area contributed by atoms with E-state index in [0.717, 1.165) is 25.0 Å². The fourth-order valence-electron chi connectivity index (χ4n) is 2.48. The third kappa shape index (κ3) is 7.06. The summed E-state index contributed by atoms with van der Waals surface area (Å²) < 4.78 is 38.1. The van der Waals surface area contributed by atoms with E-state index in [1.807, 2.05) is 25.1 Å². The van der Waals surface area contributed by atoms with Gasteiger partial charge in [-0.3, -0.25) is 0 Å². The lowest BCUT2D eigenvalue weighted by molar-refractivity contribution is -0.137. The molecule has 0 fully saturated rings. The van der Waals surface area contributed by atoms with Crippen LogP contribution in [0.25, 0.3) is 0 Å². The maximum atomic E-state index is 12.7. The zero-order chi connectivity index (χ0) is 17.6. The molecule has 2 aromatic rings. The van der Waals surface area contributed by atoms with Gasteiger partial charge in [-0.1, -0.05) is 42.5 Å². The van der Waals surface area contributed by atoms with Crippen molar-refractivity contribution in [1.82, 2.24) is 5.32 Å². The van der Waals surface area contributed by atoms with Crippen molar-refractivity contribution in [1.29, 1.82) is 0 Å². The van der Waals surface area contributed by atoms with Crippen LogP contribution < -0.4 is 5.32 Å². The number of aliphatic hydroxyl groups excluding tert-OH is 1. The molecule has 0 aliphatic heterocycles. The van der Waals surface area contributed by atoms with Crippen LogP contribution in [0.4, 0.5) is 13.2 Å². The first kappa shape index (κ1) is 21.5. The van der Waals surface area contributed by atoms with E-state index >= 15 is 0 Å². The first-order valence-electron chi connectivity index (χ1n) is 7.99. The molecule has 6 heteroatoms. The molecule has 0 saturated heterocycles. The van der Waals surface area contributed by atoms with E-state index in [1.165, 1.54) is 17.7 Å². The van der Waals surface area contributed by atoms with Crippen molar-refractivity contribution < 1.29 is 18.3 Å². The highest BCUT2D eigenvalue weighted by Crippen LogP contribution is 2.30. The van der Waals surface area contributed by atoms with Crippen molar-refractivity contribution in [2.45, 2.75) is 38.1 Å². The first-order chi connectivity index (χ1) is 11.4. The van der Waals surface area contributed by atoms with E-state index in [-0.39, 0.29) is 30.6 Å². The molecule has 0 heterocycles. The lowest BCUT2D eigenvalue weighted by Gasteiger charge is -2.18. The highest BCUT2D eigenvalue weighted by atomic mass is 35.5. The van der Waals surface area contributed by atoms with Crippen molar-refractivity contribution in [3.05, 3.63) is 71.3 Å². The number of nitrogens with one attached hydrogen (secondary N) is 1. The topological polar surface area (TPSA) is 32.3 Å². The quantitative estimate of drug-likeness (QED) is 0.732. The van der Waals surface area contributed by atoms with Crippen LogP contribution in [-0.4, -0.2) is 17.7 Å². The summed E-state index contributed by atoms with van der Waals surface area (Å²) >= 11 is 0. The molecule has 0 aliphatic rings. The number of hydrogen-bond acceptors (Lipinski definition) is 2. The molecule has 2 atom stereocenters. The van der Waals surface area contributed by atoms with E-state index in [0.29, 0.717) is 0 Å². The zero-order valence-corrected chi connectivity index (χ0v) is 14.8. The maximum Gasteiger partial charge on any atom is 0.416 e. The second-order valence-electron chi connectivity index (χ2n) is 5.97. The number of halogens is 4. The molecule has 138 valence electrons. The number of alkyl halides is 3. The molecule has 0 radical (unpaired) electrons. The van der Waals surface area contributed by atoms with Gasteiger partial charge in [-0.25, -0.2) is 0 Å². The molecule has 25 heavy (non-hydrogen) atoms. The van der Waals surface area contributed by atoms with E-state index in [4.69, 9.17) is 0 Å². The Kier molecular flexibility index (Phi) is 8.42. The third-order valence-corrected chi connectivity index (χ3v) is 3.97. The number of rotatable bonds is 7. The van der Waals surface area contributed by atoms with E-state index in [1.54, 1.807) is 0 Å². The molecule has 0 saturated carbocycles. The molecular formula is C19H23ClF3NO. The van der Waals surface area contributed by atoms with Gasteiger partial charge < -0.3 is 10.4 Å². The van der Waals surface area contributed by atoms with Gasteiger partial charge >= 0.3 is 6.18 Å². The Bertz CT molecular complexity index is 634. The van der Waals surface area contributed by atoms with Crippen LogP contribution in [0.3, 0.4) is 0 Å². The zero-order valence-electron chi connectivity index (χ0n) is 14.0. The highest BCUT2D eigenvalue weighted by molar-refractivity contribution is 5.85. The van der Waals surface area contributed by atoms with Gasteiger partial charge in [-0.2, -0.15) is 13.2 Å². The first-order valence-corrected chi connectivity index (χ1v) is 7.99. The maximum absolute atomic E-state index is 12.7. The Balaban J connectivity index is 0.00000312. The fourth-order valence-corrected chi connectivity index (χ4v) is 2.48. The van der Waals surface area contributed by atoms with Crippen molar-refractivity contribution in [2.24, 2.45) is 0 Å². The minimum Gasteiger partial charge on any atom is -0.387 e. The summed E-state index contributed by atoms with van der Waals surface area (Å²) in [5.41, 5.74) is 0.772. The molecule has 0 spiro atoms. The Morgan fingerprint density at radius 1 is 1.04 bits per heavy atom. The summed E-state index contributed by atoms with van der Waals surface area (Å²) in [6, 6.07) is 15.1. The fraction of sp³-hybridized carbons (Fsp3) is 0.368. The molecule has 0 amide bonds. The van der Waals surface area contributed by atoms with Crippen LogP contribution in [0.2, 0.25) is 0 Å². The molecular weight excluding hydrogens is 351 g/mol. The third-order valence-electron chi connectivity index (χ3n) is 3.97. The Labute approximate surface area is 152 Å². The van der Waals surface area contributed by atoms with Gasteiger partial charge in [-0.05, 0) is 43.0 Å². The molecule has 0 aromatic heterocycles. The molecule has 2 aromatic carbocycles. The summed E-state index contributed by atoms with van der Waals surface area (Å²) in [6.07, 6.45) is -3.56. The van der Waals surface area contributed by atoms with Gasteiger partial charge in [0.2, 0.25) is 0 Å². The Morgan fingerprint density at radius 3 is 2.36 bits per heavy atom.